The number of hydrogen-bond donors (Lipinski definition) is 1. The number of halogens is 1. The molecule has 0 radical (unpaired) electrons. The molecule has 0 saturated carbocycles. The van der Waals surface area contributed by atoms with Crippen LogP contribution >= 0.6 is 12.4 Å². The number of rotatable bonds is 3. The minimum atomic E-state index is -0.0803. The molecule has 4 heteroatoms. The number of nitrogens with zero attached hydrogens (tertiary/aromatic N) is 1. The number of nitrogens with two attached hydrogens (primary N) is 1. The maximum atomic E-state index is 12.4. The van der Waals surface area contributed by atoms with Crippen LogP contribution in [0.1, 0.15) is 44.6 Å². The van der Waals surface area contributed by atoms with E-state index in [1.165, 1.54) is 12.0 Å². The molecule has 1 saturated heterocycles. The van der Waals surface area contributed by atoms with Crippen LogP contribution in [0, 0.1) is 5.92 Å². The number of carbonyl (C=O) groups excluding carboxylic acids is 1. The first-order chi connectivity index (χ1) is 9.59. The molecule has 118 valence electrons. The first-order valence-corrected chi connectivity index (χ1v) is 7.69. The Morgan fingerprint density at radius 3 is 2.48 bits per heavy atom. The second-order valence-electron chi connectivity index (χ2n) is 6.01. The van der Waals surface area contributed by atoms with Crippen LogP contribution in [0.4, 0.5) is 0 Å². The van der Waals surface area contributed by atoms with Crippen LogP contribution in [0.2, 0.25) is 0 Å². The number of hydrogen-bond acceptors (Lipinski definition) is 2. The fourth-order valence-electron chi connectivity index (χ4n) is 2.89. The lowest BCUT2D eigenvalue weighted by Gasteiger charge is -2.26. The second-order valence-corrected chi connectivity index (χ2v) is 6.01. The molecule has 1 aromatic rings. The summed E-state index contributed by atoms with van der Waals surface area (Å²) in [5.74, 6) is 0.719. The van der Waals surface area contributed by atoms with Crippen LogP contribution in [-0.2, 0) is 4.79 Å². The van der Waals surface area contributed by atoms with Gasteiger partial charge in [0.15, 0.2) is 0 Å². The van der Waals surface area contributed by atoms with E-state index in [1.54, 1.807) is 0 Å². The summed E-state index contributed by atoms with van der Waals surface area (Å²) in [5.41, 5.74) is 7.26. The fourth-order valence-corrected chi connectivity index (χ4v) is 2.89. The molecule has 1 aliphatic rings. The fraction of sp³-hybridized carbons (Fsp3) is 0.588. The highest BCUT2D eigenvalue weighted by Gasteiger charge is 2.26. The van der Waals surface area contributed by atoms with Gasteiger partial charge in [0, 0.05) is 19.1 Å². The third-order valence-corrected chi connectivity index (χ3v) is 4.49. The van der Waals surface area contributed by atoms with Crippen molar-refractivity contribution in [2.24, 2.45) is 11.7 Å². The van der Waals surface area contributed by atoms with Crippen molar-refractivity contribution in [2.45, 2.75) is 45.1 Å². The van der Waals surface area contributed by atoms with E-state index in [1.807, 2.05) is 18.7 Å². The largest absolute Gasteiger partial charge is 0.342 e. The standard InChI is InChI=1S/C17H26N2O.ClH/c1-13(14(2)18)17(20)19-11-6-9-16(10-12-19)15-7-4-3-5-8-15;/h3-5,7-8,13-14,16H,6,9-12,18H2,1-2H3;1H. The van der Waals surface area contributed by atoms with Gasteiger partial charge in [-0.05, 0) is 37.7 Å². The van der Waals surface area contributed by atoms with E-state index >= 15 is 0 Å². The summed E-state index contributed by atoms with van der Waals surface area (Å²) >= 11 is 0. The summed E-state index contributed by atoms with van der Waals surface area (Å²) in [6.45, 7) is 5.58. The highest BCUT2D eigenvalue weighted by atomic mass is 35.5. The van der Waals surface area contributed by atoms with Crippen molar-refractivity contribution in [1.29, 1.82) is 0 Å². The van der Waals surface area contributed by atoms with Crippen LogP contribution in [0.25, 0.3) is 0 Å². The van der Waals surface area contributed by atoms with Crippen molar-refractivity contribution in [3.8, 4) is 0 Å². The smallest absolute Gasteiger partial charge is 0.226 e. The maximum Gasteiger partial charge on any atom is 0.226 e. The van der Waals surface area contributed by atoms with E-state index in [0.717, 1.165) is 25.9 Å². The maximum absolute atomic E-state index is 12.4. The molecule has 3 nitrogen and oxygen atoms in total. The highest BCUT2D eigenvalue weighted by Crippen LogP contribution is 2.28. The molecule has 1 aromatic carbocycles. The lowest BCUT2D eigenvalue weighted by atomic mass is 9.92. The summed E-state index contributed by atoms with van der Waals surface area (Å²) in [4.78, 5) is 14.4. The minimum absolute atomic E-state index is 0. The first kappa shape index (κ1) is 18.0. The van der Waals surface area contributed by atoms with Crippen molar-refractivity contribution in [1.82, 2.24) is 4.90 Å². The Bertz CT molecular complexity index is 436. The number of benzene rings is 1. The molecule has 0 aromatic heterocycles. The molecule has 21 heavy (non-hydrogen) atoms. The lowest BCUT2D eigenvalue weighted by molar-refractivity contribution is -0.135. The van der Waals surface area contributed by atoms with Gasteiger partial charge in [-0.2, -0.15) is 0 Å². The predicted molar refractivity (Wildman–Crippen MR) is 89.7 cm³/mol. The van der Waals surface area contributed by atoms with Gasteiger partial charge in [0.1, 0.15) is 0 Å². The van der Waals surface area contributed by atoms with Crippen LogP contribution < -0.4 is 5.73 Å². The van der Waals surface area contributed by atoms with Gasteiger partial charge < -0.3 is 10.6 Å². The molecule has 2 N–H and O–H groups in total. The number of likely N-dealkylation sites (tertiary alicyclic amines) is 1. The predicted octanol–water partition coefficient (Wildman–Crippen LogP) is 3.19. The molecule has 3 unspecified atom stereocenters. The Balaban J connectivity index is 0.00000220. The van der Waals surface area contributed by atoms with E-state index < -0.39 is 0 Å². The third-order valence-electron chi connectivity index (χ3n) is 4.49. The van der Waals surface area contributed by atoms with Crippen molar-refractivity contribution < 1.29 is 4.79 Å². The molecule has 0 aliphatic carbocycles. The summed E-state index contributed by atoms with van der Waals surface area (Å²) in [5, 5.41) is 0. The normalized spacial score (nSPS) is 21.9. The zero-order valence-electron chi connectivity index (χ0n) is 13.0. The van der Waals surface area contributed by atoms with Crippen molar-refractivity contribution in [3.05, 3.63) is 35.9 Å². The van der Waals surface area contributed by atoms with Crippen molar-refractivity contribution in [3.63, 3.8) is 0 Å². The van der Waals surface area contributed by atoms with Gasteiger partial charge in [0.2, 0.25) is 5.91 Å². The summed E-state index contributed by atoms with van der Waals surface area (Å²) in [6, 6.07) is 10.6. The Morgan fingerprint density at radius 2 is 1.86 bits per heavy atom. The third kappa shape index (κ3) is 4.72. The van der Waals surface area contributed by atoms with E-state index in [-0.39, 0.29) is 30.3 Å². The van der Waals surface area contributed by atoms with Gasteiger partial charge in [0.25, 0.3) is 0 Å². The SMILES string of the molecule is CC(N)C(C)C(=O)N1CCCC(c2ccccc2)CC1.Cl. The highest BCUT2D eigenvalue weighted by molar-refractivity contribution is 5.85. The van der Waals surface area contributed by atoms with E-state index in [0.29, 0.717) is 5.92 Å². The molecular weight excluding hydrogens is 284 g/mol. The molecule has 1 amide bonds. The van der Waals surface area contributed by atoms with Gasteiger partial charge >= 0.3 is 0 Å². The Labute approximate surface area is 134 Å². The zero-order chi connectivity index (χ0) is 14.5. The lowest BCUT2D eigenvalue weighted by Crippen LogP contribution is -2.42. The van der Waals surface area contributed by atoms with Gasteiger partial charge in [-0.25, -0.2) is 0 Å². The quantitative estimate of drug-likeness (QED) is 0.932. The summed E-state index contributed by atoms with van der Waals surface area (Å²) in [7, 11) is 0. The van der Waals surface area contributed by atoms with Gasteiger partial charge in [-0.15, -0.1) is 12.4 Å². The summed E-state index contributed by atoms with van der Waals surface area (Å²) in [6.07, 6.45) is 3.30. The average molecular weight is 311 g/mol. The second kappa shape index (κ2) is 8.40. The van der Waals surface area contributed by atoms with Crippen LogP contribution in [0.3, 0.4) is 0 Å². The number of amides is 1. The van der Waals surface area contributed by atoms with E-state index in [2.05, 4.69) is 30.3 Å². The molecule has 1 aliphatic heterocycles. The Kier molecular flexibility index (Phi) is 7.20. The van der Waals surface area contributed by atoms with Gasteiger partial charge in [-0.3, -0.25) is 4.79 Å². The monoisotopic (exact) mass is 310 g/mol. The molecule has 0 spiro atoms. The van der Waals surface area contributed by atoms with Crippen LogP contribution in [0.15, 0.2) is 30.3 Å². The molecule has 0 bridgehead atoms. The van der Waals surface area contributed by atoms with Crippen molar-refractivity contribution in [2.75, 3.05) is 13.1 Å². The van der Waals surface area contributed by atoms with E-state index in [4.69, 9.17) is 5.73 Å². The van der Waals surface area contributed by atoms with Crippen LogP contribution in [0.5, 0.6) is 0 Å². The van der Waals surface area contributed by atoms with Gasteiger partial charge in [0.05, 0.1) is 5.92 Å². The number of carbonyl (C=O) groups is 1. The Morgan fingerprint density at radius 1 is 1.19 bits per heavy atom. The van der Waals surface area contributed by atoms with Gasteiger partial charge in [-0.1, -0.05) is 37.3 Å². The molecule has 3 atom stereocenters. The van der Waals surface area contributed by atoms with E-state index in [9.17, 15) is 4.79 Å². The van der Waals surface area contributed by atoms with Crippen LogP contribution in [-0.4, -0.2) is 29.9 Å². The summed E-state index contributed by atoms with van der Waals surface area (Å²) < 4.78 is 0. The Hall–Kier alpha value is -1.06. The van der Waals surface area contributed by atoms with Crippen molar-refractivity contribution >= 4 is 18.3 Å². The zero-order valence-corrected chi connectivity index (χ0v) is 13.8. The molecule has 1 heterocycles. The molecule has 2 rings (SSSR count). The molecular formula is C17H27ClN2O. The first-order valence-electron chi connectivity index (χ1n) is 7.69. The average Bonchev–Trinajstić information content (AvgIpc) is 2.72. The topological polar surface area (TPSA) is 46.3 Å². The molecule has 1 fully saturated rings. The minimum Gasteiger partial charge on any atom is -0.342 e.